The topological polar surface area (TPSA) is 105 Å². The summed E-state index contributed by atoms with van der Waals surface area (Å²) in [6.45, 7) is 0.552. The van der Waals surface area contributed by atoms with Crippen molar-refractivity contribution >= 4 is 17.1 Å². The second kappa shape index (κ2) is 6.39. The lowest BCUT2D eigenvalue weighted by Crippen LogP contribution is -2.07. The van der Waals surface area contributed by atoms with E-state index >= 15 is 0 Å². The summed E-state index contributed by atoms with van der Waals surface area (Å²) in [6, 6.07) is 13.8. The monoisotopic (exact) mass is 282 g/mol. The highest BCUT2D eigenvalue weighted by Crippen LogP contribution is 2.25. The maximum absolute atomic E-state index is 11.0. The molecule has 2 aromatic rings. The van der Waals surface area contributed by atoms with Crippen LogP contribution in [-0.2, 0) is 6.42 Å². The van der Waals surface area contributed by atoms with Gasteiger partial charge in [-0.1, -0.05) is 12.1 Å². The van der Waals surface area contributed by atoms with Crippen LogP contribution in [0.4, 0.5) is 17.1 Å². The SMILES string of the molecule is N#Cc1ccc(NCCc2ccc(N)cc2)c([N+](=O)[O-])c1. The number of benzene rings is 2. The van der Waals surface area contributed by atoms with Crippen molar-refractivity contribution in [3.63, 3.8) is 0 Å². The molecule has 0 bridgehead atoms. The normalized spacial score (nSPS) is 9.86. The number of nitrogens with two attached hydrogens (primary N) is 1. The molecule has 6 heteroatoms. The van der Waals surface area contributed by atoms with Gasteiger partial charge in [0.05, 0.1) is 16.6 Å². The Hall–Kier alpha value is -3.07. The highest BCUT2D eigenvalue weighted by molar-refractivity contribution is 5.64. The van der Waals surface area contributed by atoms with E-state index in [1.807, 2.05) is 30.3 Å². The number of nitrogens with one attached hydrogen (secondary N) is 1. The minimum Gasteiger partial charge on any atom is -0.399 e. The van der Waals surface area contributed by atoms with Gasteiger partial charge in [-0.25, -0.2) is 0 Å². The summed E-state index contributed by atoms with van der Waals surface area (Å²) in [6.07, 6.45) is 0.720. The van der Waals surface area contributed by atoms with Gasteiger partial charge in [0.15, 0.2) is 0 Å². The molecule has 0 spiro atoms. The van der Waals surface area contributed by atoms with Gasteiger partial charge < -0.3 is 11.1 Å². The molecule has 0 aromatic heterocycles. The van der Waals surface area contributed by atoms with Gasteiger partial charge in [-0.2, -0.15) is 5.26 Å². The molecule has 0 amide bonds. The average Bonchev–Trinajstić information content (AvgIpc) is 2.49. The minimum absolute atomic E-state index is 0.0913. The minimum atomic E-state index is -0.494. The van der Waals surface area contributed by atoms with Crippen LogP contribution in [0.5, 0.6) is 0 Å². The van der Waals surface area contributed by atoms with Gasteiger partial charge in [0.25, 0.3) is 5.69 Å². The Morgan fingerprint density at radius 1 is 1.24 bits per heavy atom. The lowest BCUT2D eigenvalue weighted by atomic mass is 10.1. The molecule has 0 radical (unpaired) electrons. The van der Waals surface area contributed by atoms with E-state index in [2.05, 4.69) is 5.32 Å². The fraction of sp³-hybridized carbons (Fsp3) is 0.133. The Morgan fingerprint density at radius 3 is 2.57 bits per heavy atom. The van der Waals surface area contributed by atoms with Crippen LogP contribution in [0, 0.1) is 21.4 Å². The fourth-order valence-corrected chi connectivity index (χ4v) is 1.93. The van der Waals surface area contributed by atoms with Crippen molar-refractivity contribution < 1.29 is 4.92 Å². The number of nitriles is 1. The lowest BCUT2D eigenvalue weighted by Gasteiger charge is -2.07. The Labute approximate surface area is 122 Å². The largest absolute Gasteiger partial charge is 0.399 e. The average molecular weight is 282 g/mol. The van der Waals surface area contributed by atoms with E-state index in [-0.39, 0.29) is 11.3 Å². The molecule has 0 fully saturated rings. The number of nitrogen functional groups attached to an aromatic ring is 1. The van der Waals surface area contributed by atoms with Crippen LogP contribution in [0.2, 0.25) is 0 Å². The van der Waals surface area contributed by atoms with Crippen LogP contribution in [0.15, 0.2) is 42.5 Å². The summed E-state index contributed by atoms with van der Waals surface area (Å²) in [5.41, 5.74) is 7.99. The molecule has 0 saturated carbocycles. The van der Waals surface area contributed by atoms with Crippen LogP contribution in [-0.4, -0.2) is 11.5 Å². The number of hydrogen-bond donors (Lipinski definition) is 2. The number of anilines is 2. The smallest absolute Gasteiger partial charge is 0.293 e. The Balaban J connectivity index is 2.04. The van der Waals surface area contributed by atoms with E-state index < -0.39 is 4.92 Å². The molecule has 0 heterocycles. The van der Waals surface area contributed by atoms with Gasteiger partial charge in [-0.05, 0) is 36.2 Å². The van der Waals surface area contributed by atoms with Crippen molar-refractivity contribution in [2.75, 3.05) is 17.6 Å². The zero-order valence-corrected chi connectivity index (χ0v) is 11.2. The molecule has 0 aliphatic rings. The van der Waals surface area contributed by atoms with Crippen LogP contribution in [0.3, 0.4) is 0 Å². The van der Waals surface area contributed by atoms with Gasteiger partial charge in [-0.3, -0.25) is 10.1 Å². The third kappa shape index (κ3) is 3.70. The highest BCUT2D eigenvalue weighted by Gasteiger charge is 2.14. The van der Waals surface area contributed by atoms with Gasteiger partial charge in [0.1, 0.15) is 5.69 Å². The van der Waals surface area contributed by atoms with E-state index in [4.69, 9.17) is 11.0 Å². The van der Waals surface area contributed by atoms with Crippen LogP contribution in [0.25, 0.3) is 0 Å². The first-order valence-corrected chi connectivity index (χ1v) is 6.37. The molecule has 106 valence electrons. The van der Waals surface area contributed by atoms with Crippen molar-refractivity contribution in [2.24, 2.45) is 0 Å². The summed E-state index contributed by atoms with van der Waals surface area (Å²) in [5.74, 6) is 0. The van der Waals surface area contributed by atoms with E-state index in [1.165, 1.54) is 6.07 Å². The molecule has 0 saturated heterocycles. The van der Waals surface area contributed by atoms with E-state index in [9.17, 15) is 10.1 Å². The molecule has 0 unspecified atom stereocenters. The molecular weight excluding hydrogens is 268 g/mol. The molecule has 6 nitrogen and oxygen atoms in total. The maximum atomic E-state index is 11.0. The van der Waals surface area contributed by atoms with Crippen molar-refractivity contribution in [1.82, 2.24) is 0 Å². The van der Waals surface area contributed by atoms with E-state index in [0.717, 1.165) is 12.0 Å². The van der Waals surface area contributed by atoms with Gasteiger partial charge in [0, 0.05) is 18.3 Å². The predicted octanol–water partition coefficient (Wildman–Crippen LogP) is 2.70. The molecule has 0 atom stereocenters. The summed E-state index contributed by atoms with van der Waals surface area (Å²) in [5, 5.41) is 22.8. The third-order valence-electron chi connectivity index (χ3n) is 3.03. The third-order valence-corrected chi connectivity index (χ3v) is 3.03. The molecule has 21 heavy (non-hydrogen) atoms. The number of nitrogens with zero attached hydrogens (tertiary/aromatic N) is 2. The number of nitro groups is 1. The summed E-state index contributed by atoms with van der Waals surface area (Å²) >= 11 is 0. The first-order valence-electron chi connectivity index (χ1n) is 6.37. The summed E-state index contributed by atoms with van der Waals surface area (Å²) in [7, 11) is 0. The standard InChI is InChI=1S/C15H14N4O2/c16-10-12-3-6-14(15(9-12)19(20)21)18-8-7-11-1-4-13(17)5-2-11/h1-6,9,18H,7-8,17H2. The van der Waals surface area contributed by atoms with Crippen LogP contribution in [0.1, 0.15) is 11.1 Å². The number of rotatable bonds is 5. The second-order valence-electron chi connectivity index (χ2n) is 4.52. The second-order valence-corrected chi connectivity index (χ2v) is 4.52. The van der Waals surface area contributed by atoms with Gasteiger partial charge >= 0.3 is 0 Å². The molecule has 0 aliphatic carbocycles. The van der Waals surface area contributed by atoms with Gasteiger partial charge in [-0.15, -0.1) is 0 Å². The molecule has 2 rings (SSSR count). The first-order chi connectivity index (χ1) is 10.1. The number of nitro benzene ring substituents is 1. The summed E-state index contributed by atoms with van der Waals surface area (Å²) in [4.78, 5) is 10.5. The Kier molecular flexibility index (Phi) is 4.36. The fourth-order valence-electron chi connectivity index (χ4n) is 1.93. The molecule has 2 aromatic carbocycles. The van der Waals surface area contributed by atoms with Crippen molar-refractivity contribution in [3.8, 4) is 6.07 Å². The zero-order valence-electron chi connectivity index (χ0n) is 11.2. The first kappa shape index (κ1) is 14.3. The Bertz CT molecular complexity index is 690. The molecule has 0 aliphatic heterocycles. The predicted molar refractivity (Wildman–Crippen MR) is 80.9 cm³/mol. The Morgan fingerprint density at radius 2 is 1.95 bits per heavy atom. The quantitative estimate of drug-likeness (QED) is 0.498. The van der Waals surface area contributed by atoms with E-state index in [1.54, 1.807) is 12.1 Å². The van der Waals surface area contributed by atoms with Gasteiger partial charge in [0.2, 0.25) is 0 Å². The number of hydrogen-bond acceptors (Lipinski definition) is 5. The van der Waals surface area contributed by atoms with Crippen LogP contribution < -0.4 is 11.1 Å². The van der Waals surface area contributed by atoms with Crippen molar-refractivity contribution in [2.45, 2.75) is 6.42 Å². The highest BCUT2D eigenvalue weighted by atomic mass is 16.6. The molecular formula is C15H14N4O2. The molecule has 3 N–H and O–H groups in total. The van der Waals surface area contributed by atoms with Crippen LogP contribution >= 0.6 is 0 Å². The maximum Gasteiger partial charge on any atom is 0.293 e. The summed E-state index contributed by atoms with van der Waals surface area (Å²) < 4.78 is 0. The lowest BCUT2D eigenvalue weighted by molar-refractivity contribution is -0.384. The van der Waals surface area contributed by atoms with Crippen molar-refractivity contribution in [1.29, 1.82) is 5.26 Å². The van der Waals surface area contributed by atoms with Crippen molar-refractivity contribution in [3.05, 3.63) is 63.7 Å². The zero-order chi connectivity index (χ0) is 15.2. The van der Waals surface area contributed by atoms with E-state index in [0.29, 0.717) is 17.9 Å².